The van der Waals surface area contributed by atoms with Crippen LogP contribution < -0.4 is 14.2 Å². The van der Waals surface area contributed by atoms with E-state index in [0.29, 0.717) is 5.75 Å². The summed E-state index contributed by atoms with van der Waals surface area (Å²) in [5.41, 5.74) is 5.00. The highest BCUT2D eigenvalue weighted by Gasteiger charge is 2.20. The summed E-state index contributed by atoms with van der Waals surface area (Å²) in [6.45, 7) is 0. The fourth-order valence-corrected chi connectivity index (χ4v) is 3.79. The van der Waals surface area contributed by atoms with E-state index in [1.807, 2.05) is 6.07 Å². The minimum Gasteiger partial charge on any atom is -0.492 e. The lowest BCUT2D eigenvalue weighted by Gasteiger charge is -2.19. The molecule has 3 rings (SSSR count). The normalized spacial score (nSPS) is 10.6. The molecule has 3 aromatic carbocycles. The molecule has 0 aliphatic carbocycles. The van der Waals surface area contributed by atoms with E-state index in [9.17, 15) is 0 Å². The molecule has 0 heterocycles. The summed E-state index contributed by atoms with van der Waals surface area (Å²) >= 11 is 0. The first kappa shape index (κ1) is 20.8. The third-order valence-electron chi connectivity index (χ3n) is 5.24. The van der Waals surface area contributed by atoms with Crippen LogP contribution in [0.3, 0.4) is 0 Å². The van der Waals surface area contributed by atoms with E-state index < -0.39 is 0 Å². The molecule has 0 N–H and O–H groups in total. The van der Waals surface area contributed by atoms with Crippen molar-refractivity contribution < 1.29 is 14.2 Å². The monoisotopic (exact) mass is 390 g/mol. The largest absolute Gasteiger partial charge is 0.492 e. The molecule has 3 heteroatoms. The molecule has 3 nitrogen and oxygen atoms in total. The molecule has 29 heavy (non-hydrogen) atoms. The maximum Gasteiger partial charge on any atom is 0.203 e. The Bertz CT molecular complexity index is 889. The number of benzene rings is 3. The molecule has 0 spiro atoms. The minimum atomic E-state index is 0.690. The lowest BCUT2D eigenvalue weighted by Crippen LogP contribution is -2.04. The van der Waals surface area contributed by atoms with Gasteiger partial charge in [-0.05, 0) is 60.4 Å². The molecule has 0 aliphatic heterocycles. The van der Waals surface area contributed by atoms with E-state index in [4.69, 9.17) is 14.2 Å². The zero-order valence-corrected chi connectivity index (χ0v) is 17.6. The second kappa shape index (κ2) is 10.6. The zero-order valence-electron chi connectivity index (χ0n) is 17.6. The van der Waals surface area contributed by atoms with Gasteiger partial charge in [-0.25, -0.2) is 0 Å². The van der Waals surface area contributed by atoms with Crippen LogP contribution in [0.4, 0.5) is 0 Å². The maximum absolute atomic E-state index is 5.73. The third-order valence-corrected chi connectivity index (χ3v) is 5.24. The highest BCUT2D eigenvalue weighted by Crippen LogP contribution is 2.43. The number of hydrogen-bond acceptors (Lipinski definition) is 3. The Morgan fingerprint density at radius 2 is 1.00 bits per heavy atom. The summed E-state index contributed by atoms with van der Waals surface area (Å²) in [6, 6.07) is 23.4. The van der Waals surface area contributed by atoms with Crippen LogP contribution in [0.15, 0.2) is 66.7 Å². The Morgan fingerprint density at radius 3 is 1.52 bits per heavy atom. The van der Waals surface area contributed by atoms with Crippen molar-refractivity contribution in [3.8, 4) is 17.2 Å². The first-order valence-corrected chi connectivity index (χ1v) is 10.2. The Hall–Kier alpha value is -2.94. The van der Waals surface area contributed by atoms with Gasteiger partial charge >= 0.3 is 0 Å². The lowest BCUT2D eigenvalue weighted by molar-refractivity contribution is 0.319. The van der Waals surface area contributed by atoms with Gasteiger partial charge in [0.25, 0.3) is 0 Å². The molecule has 0 amide bonds. The quantitative estimate of drug-likeness (QED) is 0.446. The predicted molar refractivity (Wildman–Crippen MR) is 118 cm³/mol. The van der Waals surface area contributed by atoms with Gasteiger partial charge in [-0.15, -0.1) is 0 Å². The molecule has 152 valence electrons. The number of methoxy groups -OCH3 is 3. The molecule has 0 saturated heterocycles. The summed E-state index contributed by atoms with van der Waals surface area (Å²) in [7, 11) is 5.06. The van der Waals surface area contributed by atoms with Crippen molar-refractivity contribution in [2.45, 2.75) is 32.1 Å². The Balaban J connectivity index is 1.83. The van der Waals surface area contributed by atoms with Gasteiger partial charge in [-0.2, -0.15) is 0 Å². The molecule has 0 fully saturated rings. The van der Waals surface area contributed by atoms with Crippen LogP contribution in [0.25, 0.3) is 0 Å². The molecular weight excluding hydrogens is 360 g/mol. The molecule has 0 saturated carbocycles. The van der Waals surface area contributed by atoms with Crippen LogP contribution >= 0.6 is 0 Å². The summed E-state index contributed by atoms with van der Waals surface area (Å²) in [4.78, 5) is 0. The van der Waals surface area contributed by atoms with E-state index in [-0.39, 0.29) is 0 Å². The van der Waals surface area contributed by atoms with Gasteiger partial charge in [-0.1, -0.05) is 60.7 Å². The van der Waals surface area contributed by atoms with Gasteiger partial charge in [0.1, 0.15) is 0 Å². The minimum absolute atomic E-state index is 0.690. The number of rotatable bonds is 10. The lowest BCUT2D eigenvalue weighted by atomic mass is 9.97. The van der Waals surface area contributed by atoms with Gasteiger partial charge in [0, 0.05) is 0 Å². The molecule has 0 unspecified atom stereocenters. The number of ether oxygens (including phenoxy) is 3. The highest BCUT2D eigenvalue weighted by molar-refractivity contribution is 5.60. The maximum atomic E-state index is 5.73. The van der Waals surface area contributed by atoms with Crippen LogP contribution in [-0.4, -0.2) is 21.3 Å². The van der Waals surface area contributed by atoms with E-state index >= 15 is 0 Å². The molecule has 3 aromatic rings. The van der Waals surface area contributed by atoms with E-state index in [0.717, 1.165) is 49.2 Å². The van der Waals surface area contributed by atoms with Crippen LogP contribution in [0.2, 0.25) is 0 Å². The molecule has 0 bridgehead atoms. The van der Waals surface area contributed by atoms with Gasteiger partial charge in [-0.3, -0.25) is 0 Å². The van der Waals surface area contributed by atoms with Crippen molar-refractivity contribution in [3.63, 3.8) is 0 Å². The SMILES string of the molecule is COc1c(CCCc2ccccc2)cc(CCc2ccccc2)c(OC)c1OC. The van der Waals surface area contributed by atoms with Crippen LogP contribution in [0, 0.1) is 0 Å². The standard InChI is InChI=1S/C26H30O3/c1-27-24-22(16-10-15-20-11-6-4-7-12-20)19-23(25(28-2)26(24)29-3)18-17-21-13-8-5-9-14-21/h4-9,11-14,19H,10,15-18H2,1-3H3. The summed E-state index contributed by atoms with van der Waals surface area (Å²) in [6.07, 6.45) is 4.86. The van der Waals surface area contributed by atoms with Gasteiger partial charge in [0.15, 0.2) is 11.5 Å². The average Bonchev–Trinajstić information content (AvgIpc) is 2.78. The molecule has 0 aromatic heterocycles. The Kier molecular flexibility index (Phi) is 7.57. The fraction of sp³-hybridized carbons (Fsp3) is 0.308. The fourth-order valence-electron chi connectivity index (χ4n) is 3.79. The van der Waals surface area contributed by atoms with Gasteiger partial charge in [0.2, 0.25) is 5.75 Å². The topological polar surface area (TPSA) is 27.7 Å². The molecule has 0 aliphatic rings. The molecular formula is C26H30O3. The van der Waals surface area contributed by atoms with Crippen molar-refractivity contribution >= 4 is 0 Å². The predicted octanol–water partition coefficient (Wildman–Crippen LogP) is 5.67. The molecule has 0 radical (unpaired) electrons. The first-order chi connectivity index (χ1) is 14.3. The van der Waals surface area contributed by atoms with E-state index in [1.54, 1.807) is 21.3 Å². The van der Waals surface area contributed by atoms with Crippen molar-refractivity contribution in [1.82, 2.24) is 0 Å². The third kappa shape index (κ3) is 5.32. The smallest absolute Gasteiger partial charge is 0.203 e. The highest BCUT2D eigenvalue weighted by atomic mass is 16.5. The van der Waals surface area contributed by atoms with Crippen molar-refractivity contribution in [2.24, 2.45) is 0 Å². The van der Waals surface area contributed by atoms with Crippen LogP contribution in [0.1, 0.15) is 28.7 Å². The Morgan fingerprint density at radius 1 is 0.517 bits per heavy atom. The van der Waals surface area contributed by atoms with Crippen LogP contribution in [-0.2, 0) is 25.7 Å². The van der Waals surface area contributed by atoms with Crippen molar-refractivity contribution in [3.05, 3.63) is 89.0 Å². The molecule has 0 atom stereocenters. The van der Waals surface area contributed by atoms with Gasteiger partial charge in [0.05, 0.1) is 21.3 Å². The second-order valence-corrected chi connectivity index (χ2v) is 7.12. The van der Waals surface area contributed by atoms with Gasteiger partial charge < -0.3 is 14.2 Å². The van der Waals surface area contributed by atoms with Crippen LogP contribution in [0.5, 0.6) is 17.2 Å². The number of hydrogen-bond donors (Lipinski definition) is 0. The second-order valence-electron chi connectivity index (χ2n) is 7.12. The van der Waals surface area contributed by atoms with Crippen molar-refractivity contribution in [1.29, 1.82) is 0 Å². The van der Waals surface area contributed by atoms with E-state index in [1.165, 1.54) is 16.7 Å². The summed E-state index contributed by atoms with van der Waals surface area (Å²) < 4.78 is 17.2. The Labute approximate surface area is 174 Å². The summed E-state index contributed by atoms with van der Waals surface area (Å²) in [5.74, 6) is 2.24. The van der Waals surface area contributed by atoms with E-state index in [2.05, 4.69) is 60.7 Å². The average molecular weight is 391 g/mol. The van der Waals surface area contributed by atoms with Crippen molar-refractivity contribution in [2.75, 3.05) is 21.3 Å². The first-order valence-electron chi connectivity index (χ1n) is 10.2. The summed E-state index contributed by atoms with van der Waals surface area (Å²) in [5, 5.41) is 0. The zero-order chi connectivity index (χ0) is 20.5. The number of aryl methyl sites for hydroxylation is 4.